The van der Waals surface area contributed by atoms with Crippen molar-refractivity contribution in [3.63, 3.8) is 0 Å². The number of piperidine rings is 1. The van der Waals surface area contributed by atoms with Gasteiger partial charge >= 0.3 is 0 Å². The van der Waals surface area contributed by atoms with Gasteiger partial charge in [-0.1, -0.05) is 0 Å². The fourth-order valence-corrected chi connectivity index (χ4v) is 2.30. The maximum absolute atomic E-state index is 13.6. The van der Waals surface area contributed by atoms with Crippen molar-refractivity contribution in [2.75, 3.05) is 26.3 Å². The number of alkyl halides is 2. The molecular weight excluding hydrogens is 176 g/mol. The number of hydrogen-bond acceptors (Lipinski definition) is 2. The van der Waals surface area contributed by atoms with Crippen molar-refractivity contribution in [2.45, 2.75) is 25.2 Å². The van der Waals surface area contributed by atoms with Gasteiger partial charge in [0.25, 0.3) is 5.92 Å². The normalized spacial score (nSPS) is 39.2. The van der Waals surface area contributed by atoms with Crippen molar-refractivity contribution >= 4 is 0 Å². The molecule has 76 valence electrons. The van der Waals surface area contributed by atoms with Gasteiger partial charge < -0.3 is 10.1 Å². The summed E-state index contributed by atoms with van der Waals surface area (Å²) in [5, 5.41) is 3.07. The molecule has 0 saturated carbocycles. The number of nitrogens with one attached hydrogen (secondary N) is 1. The number of ether oxygens (including phenoxy) is 1. The lowest BCUT2D eigenvalue weighted by atomic mass is 9.72. The van der Waals surface area contributed by atoms with Gasteiger partial charge in [-0.3, -0.25) is 0 Å². The maximum Gasteiger partial charge on any atom is 0.277 e. The molecule has 0 aromatic carbocycles. The van der Waals surface area contributed by atoms with E-state index in [1.165, 1.54) is 0 Å². The second kappa shape index (κ2) is 3.17. The van der Waals surface area contributed by atoms with Crippen LogP contribution in [-0.2, 0) is 4.74 Å². The maximum atomic E-state index is 13.6. The first-order chi connectivity index (χ1) is 6.16. The summed E-state index contributed by atoms with van der Waals surface area (Å²) < 4.78 is 32.0. The van der Waals surface area contributed by atoms with Gasteiger partial charge in [-0.2, -0.15) is 0 Å². The van der Waals surface area contributed by atoms with E-state index in [2.05, 4.69) is 5.32 Å². The third-order valence-corrected chi connectivity index (χ3v) is 3.26. The second-order valence-corrected chi connectivity index (χ2v) is 4.07. The van der Waals surface area contributed by atoms with Crippen LogP contribution in [0.1, 0.15) is 19.3 Å². The summed E-state index contributed by atoms with van der Waals surface area (Å²) >= 11 is 0. The standard InChI is InChI=1S/C9H15F2NO/c10-9(11)7-13-5-3-8(9)2-1-4-12-6-8/h12H,1-7H2. The van der Waals surface area contributed by atoms with Gasteiger partial charge in [0.2, 0.25) is 0 Å². The topological polar surface area (TPSA) is 21.3 Å². The zero-order chi connectivity index (χ0) is 9.36. The first kappa shape index (κ1) is 9.34. The van der Waals surface area contributed by atoms with E-state index in [4.69, 9.17) is 4.74 Å². The molecule has 0 aliphatic carbocycles. The molecule has 0 radical (unpaired) electrons. The zero-order valence-electron chi connectivity index (χ0n) is 7.61. The average molecular weight is 191 g/mol. The molecule has 2 heterocycles. The monoisotopic (exact) mass is 191 g/mol. The summed E-state index contributed by atoms with van der Waals surface area (Å²) in [5.74, 6) is -2.64. The molecule has 0 aromatic rings. The van der Waals surface area contributed by atoms with Gasteiger partial charge in [0, 0.05) is 13.2 Å². The van der Waals surface area contributed by atoms with Crippen LogP contribution in [0.15, 0.2) is 0 Å². The number of rotatable bonds is 0. The largest absolute Gasteiger partial charge is 0.375 e. The van der Waals surface area contributed by atoms with Crippen LogP contribution in [0.3, 0.4) is 0 Å². The molecule has 1 N–H and O–H groups in total. The Morgan fingerprint density at radius 3 is 2.69 bits per heavy atom. The van der Waals surface area contributed by atoms with E-state index >= 15 is 0 Å². The Balaban J connectivity index is 2.16. The molecule has 2 nitrogen and oxygen atoms in total. The summed E-state index contributed by atoms with van der Waals surface area (Å²) in [5.41, 5.74) is -0.816. The lowest BCUT2D eigenvalue weighted by Gasteiger charge is -2.46. The predicted octanol–water partition coefficient (Wildman–Crippen LogP) is 1.41. The van der Waals surface area contributed by atoms with E-state index in [-0.39, 0.29) is 0 Å². The molecule has 13 heavy (non-hydrogen) atoms. The molecule has 2 aliphatic heterocycles. The lowest BCUT2D eigenvalue weighted by Crippen LogP contribution is -2.56. The van der Waals surface area contributed by atoms with Crippen molar-refractivity contribution in [1.82, 2.24) is 5.32 Å². The Kier molecular flexibility index (Phi) is 2.28. The number of hydrogen-bond donors (Lipinski definition) is 1. The summed E-state index contributed by atoms with van der Waals surface area (Å²) in [6, 6.07) is 0. The SMILES string of the molecule is FC1(F)COCCC12CCCNC2. The molecule has 0 aromatic heterocycles. The van der Waals surface area contributed by atoms with E-state index in [9.17, 15) is 8.78 Å². The third kappa shape index (κ3) is 1.46. The smallest absolute Gasteiger partial charge is 0.277 e. The Labute approximate surface area is 76.6 Å². The second-order valence-electron chi connectivity index (χ2n) is 4.07. The molecule has 1 spiro atoms. The summed E-state index contributed by atoms with van der Waals surface area (Å²) in [4.78, 5) is 0. The van der Waals surface area contributed by atoms with E-state index in [0.717, 1.165) is 13.0 Å². The molecule has 4 heteroatoms. The first-order valence-corrected chi connectivity index (χ1v) is 4.83. The van der Waals surface area contributed by atoms with Crippen molar-refractivity contribution < 1.29 is 13.5 Å². The molecule has 2 fully saturated rings. The highest BCUT2D eigenvalue weighted by Gasteiger charge is 2.55. The summed E-state index contributed by atoms with van der Waals surface area (Å²) in [6.07, 6.45) is 1.99. The van der Waals surface area contributed by atoms with Gasteiger partial charge in [-0.25, -0.2) is 8.78 Å². The van der Waals surface area contributed by atoms with E-state index in [1.807, 2.05) is 0 Å². The summed E-state index contributed by atoms with van der Waals surface area (Å²) in [6.45, 7) is 1.41. The molecular formula is C9H15F2NO. The van der Waals surface area contributed by atoms with Gasteiger partial charge in [0.05, 0.1) is 5.41 Å². The average Bonchev–Trinajstić information content (AvgIpc) is 2.12. The lowest BCUT2D eigenvalue weighted by molar-refractivity contribution is -0.210. The molecule has 2 aliphatic rings. The highest BCUT2D eigenvalue weighted by Crippen LogP contribution is 2.47. The minimum absolute atomic E-state index is 0.394. The van der Waals surface area contributed by atoms with Crippen LogP contribution in [0.5, 0.6) is 0 Å². The minimum atomic E-state index is -2.64. The minimum Gasteiger partial charge on any atom is -0.375 e. The Bertz CT molecular complexity index is 182. The van der Waals surface area contributed by atoms with Crippen molar-refractivity contribution in [3.8, 4) is 0 Å². The molecule has 2 rings (SSSR count). The van der Waals surface area contributed by atoms with Crippen LogP contribution in [0.2, 0.25) is 0 Å². The Morgan fingerprint density at radius 2 is 2.08 bits per heavy atom. The van der Waals surface area contributed by atoms with Crippen LogP contribution in [0.25, 0.3) is 0 Å². The van der Waals surface area contributed by atoms with E-state index in [0.29, 0.717) is 26.0 Å². The van der Waals surface area contributed by atoms with Crippen LogP contribution in [-0.4, -0.2) is 32.2 Å². The molecule has 2 saturated heterocycles. The highest BCUT2D eigenvalue weighted by atomic mass is 19.3. The van der Waals surface area contributed by atoms with Crippen molar-refractivity contribution in [3.05, 3.63) is 0 Å². The van der Waals surface area contributed by atoms with Crippen LogP contribution < -0.4 is 5.32 Å². The van der Waals surface area contributed by atoms with Crippen LogP contribution in [0, 0.1) is 5.41 Å². The van der Waals surface area contributed by atoms with Gasteiger partial charge in [0.15, 0.2) is 0 Å². The Morgan fingerprint density at radius 1 is 1.23 bits per heavy atom. The van der Waals surface area contributed by atoms with E-state index in [1.54, 1.807) is 0 Å². The fraction of sp³-hybridized carbons (Fsp3) is 1.00. The molecule has 1 atom stereocenters. The zero-order valence-corrected chi connectivity index (χ0v) is 7.61. The quantitative estimate of drug-likeness (QED) is 0.625. The first-order valence-electron chi connectivity index (χ1n) is 4.83. The third-order valence-electron chi connectivity index (χ3n) is 3.26. The van der Waals surface area contributed by atoms with Gasteiger partial charge in [-0.05, 0) is 25.8 Å². The molecule has 1 unspecified atom stereocenters. The fourth-order valence-electron chi connectivity index (χ4n) is 2.30. The van der Waals surface area contributed by atoms with Gasteiger partial charge in [0.1, 0.15) is 6.61 Å². The van der Waals surface area contributed by atoms with Gasteiger partial charge in [-0.15, -0.1) is 0 Å². The molecule has 0 amide bonds. The molecule has 0 bridgehead atoms. The predicted molar refractivity (Wildman–Crippen MR) is 44.9 cm³/mol. The Hall–Kier alpha value is -0.220. The van der Waals surface area contributed by atoms with Crippen LogP contribution in [0.4, 0.5) is 8.78 Å². The van der Waals surface area contributed by atoms with Crippen molar-refractivity contribution in [2.24, 2.45) is 5.41 Å². The highest BCUT2D eigenvalue weighted by molar-refractivity contribution is 4.98. The van der Waals surface area contributed by atoms with E-state index < -0.39 is 17.9 Å². The number of halogens is 2. The van der Waals surface area contributed by atoms with Crippen LogP contribution >= 0.6 is 0 Å². The van der Waals surface area contributed by atoms with Crippen molar-refractivity contribution in [1.29, 1.82) is 0 Å². The summed E-state index contributed by atoms with van der Waals surface area (Å²) in [7, 11) is 0.